The van der Waals surface area contributed by atoms with Crippen LogP contribution in [0, 0.1) is 0 Å². The summed E-state index contributed by atoms with van der Waals surface area (Å²) in [6, 6.07) is 0. The molecule has 4 heterocycles. The van der Waals surface area contributed by atoms with E-state index in [2.05, 4.69) is 25.7 Å². The van der Waals surface area contributed by atoms with Crippen LogP contribution in [0.15, 0.2) is 0 Å². The lowest BCUT2D eigenvalue weighted by Gasteiger charge is -2.33. The highest BCUT2D eigenvalue weighted by Gasteiger charge is 2.53. The number of amides is 1. The van der Waals surface area contributed by atoms with E-state index in [0.717, 1.165) is 0 Å². The first-order chi connectivity index (χ1) is 14.0. The van der Waals surface area contributed by atoms with Crippen LogP contribution in [-0.4, -0.2) is 56.8 Å². The number of aromatic amines is 1. The number of piperidine rings is 1. The minimum Gasteiger partial charge on any atom is -0.382 e. The first-order valence-corrected chi connectivity index (χ1v) is 9.58. The number of anilines is 2. The Bertz CT molecular complexity index is 948. The Morgan fingerprint density at radius 3 is 2.33 bits per heavy atom. The molecule has 0 saturated carbocycles. The van der Waals surface area contributed by atoms with Crippen LogP contribution in [0.3, 0.4) is 0 Å². The quantitative estimate of drug-likeness (QED) is 0.600. The molecule has 3 N–H and O–H groups in total. The third-order valence-corrected chi connectivity index (χ3v) is 6.17. The molecular weight excluding hydrogens is 442 g/mol. The highest BCUT2D eigenvalue weighted by Crippen LogP contribution is 2.47. The van der Waals surface area contributed by atoms with Crippen molar-refractivity contribution < 1.29 is 36.2 Å². The van der Waals surface area contributed by atoms with Crippen molar-refractivity contribution in [1.29, 1.82) is 0 Å². The zero-order valence-corrected chi connectivity index (χ0v) is 15.7. The van der Waals surface area contributed by atoms with Gasteiger partial charge in [-0.15, -0.1) is 10.2 Å². The highest BCUT2D eigenvalue weighted by atomic mass is 32.1. The van der Waals surface area contributed by atoms with Gasteiger partial charge in [-0.3, -0.25) is 9.89 Å². The molecule has 1 amide bonds. The number of aliphatic hydroxyl groups is 1. The van der Waals surface area contributed by atoms with Crippen molar-refractivity contribution in [1.82, 2.24) is 20.4 Å². The Balaban J connectivity index is 1.54. The molecule has 2 aliphatic rings. The van der Waals surface area contributed by atoms with Crippen molar-refractivity contribution in [2.45, 2.75) is 43.1 Å². The summed E-state index contributed by atoms with van der Waals surface area (Å²) in [6.45, 7) is 0.481. The van der Waals surface area contributed by atoms with Crippen LogP contribution in [0.25, 0.3) is 0 Å². The van der Waals surface area contributed by atoms with Crippen LogP contribution in [0.5, 0.6) is 0 Å². The Labute approximate surface area is 168 Å². The lowest BCUT2D eigenvalue weighted by atomic mass is 9.83. The third kappa shape index (κ3) is 3.59. The standard InChI is InChI=1S/C15H14F6N6O2S/c16-14(17,18)7-6-8(23-24-10(6)22-11(29)9(7)28)5-1-3-27(4-2-5)13-26-25-12(30-13)15(19,20)21/h5,7,9,28H,1-4H2,(H2,22,23,24,29)/t7-,9-/m1/s1. The van der Waals surface area contributed by atoms with Gasteiger partial charge in [0.05, 0.1) is 5.69 Å². The van der Waals surface area contributed by atoms with E-state index in [-0.39, 0.29) is 35.3 Å². The minimum atomic E-state index is -4.87. The molecule has 0 aliphatic carbocycles. The van der Waals surface area contributed by atoms with Crippen molar-refractivity contribution in [3.8, 4) is 0 Å². The van der Waals surface area contributed by atoms with Gasteiger partial charge in [-0.25, -0.2) is 0 Å². The fraction of sp³-hybridized carbons (Fsp3) is 0.600. The second-order valence-electron chi connectivity index (χ2n) is 7.00. The summed E-state index contributed by atoms with van der Waals surface area (Å²) >= 11 is 0.400. The number of alkyl halides is 6. The molecule has 8 nitrogen and oxygen atoms in total. The number of H-pyrrole nitrogens is 1. The van der Waals surface area contributed by atoms with Gasteiger partial charge in [-0.2, -0.15) is 31.4 Å². The molecule has 15 heteroatoms. The molecule has 0 bridgehead atoms. The maximum atomic E-state index is 13.6. The second-order valence-corrected chi connectivity index (χ2v) is 7.96. The van der Waals surface area contributed by atoms with Crippen LogP contribution < -0.4 is 10.2 Å². The summed E-state index contributed by atoms with van der Waals surface area (Å²) in [4.78, 5) is 13.2. The molecule has 0 spiro atoms. The topological polar surface area (TPSA) is 107 Å². The first-order valence-electron chi connectivity index (χ1n) is 8.76. The molecule has 1 saturated heterocycles. The molecule has 2 aliphatic heterocycles. The van der Waals surface area contributed by atoms with Gasteiger partial charge in [0.15, 0.2) is 0 Å². The fourth-order valence-corrected chi connectivity index (χ4v) is 4.50. The van der Waals surface area contributed by atoms with Crippen molar-refractivity contribution >= 4 is 28.2 Å². The van der Waals surface area contributed by atoms with E-state index >= 15 is 0 Å². The number of hydrogen-bond acceptors (Lipinski definition) is 7. The lowest BCUT2D eigenvalue weighted by Crippen LogP contribution is -2.44. The summed E-state index contributed by atoms with van der Waals surface area (Å²) in [7, 11) is 0. The molecule has 0 aromatic carbocycles. The Morgan fingerprint density at radius 1 is 1.10 bits per heavy atom. The average molecular weight is 456 g/mol. The number of nitrogens with zero attached hydrogens (tertiary/aromatic N) is 4. The van der Waals surface area contributed by atoms with Gasteiger partial charge in [0.25, 0.3) is 5.91 Å². The number of aromatic nitrogens is 4. The van der Waals surface area contributed by atoms with Crippen LogP contribution in [0.2, 0.25) is 0 Å². The summed E-state index contributed by atoms with van der Waals surface area (Å²) in [5.74, 6) is -4.23. The SMILES string of the molecule is O=C1Nc2[nH]nc(C3CCN(c4nnc(C(F)(F)F)s4)CC3)c2[C@@H](C(F)(F)F)[C@H]1O. The van der Waals surface area contributed by atoms with Gasteiger partial charge >= 0.3 is 12.4 Å². The van der Waals surface area contributed by atoms with Gasteiger partial charge < -0.3 is 15.3 Å². The number of carbonyl (C=O) groups excluding carboxylic acids is 1. The molecule has 1 fully saturated rings. The van der Waals surface area contributed by atoms with Crippen molar-refractivity contribution in [3.63, 3.8) is 0 Å². The van der Waals surface area contributed by atoms with E-state index in [1.807, 2.05) is 0 Å². The van der Waals surface area contributed by atoms with Crippen molar-refractivity contribution in [2.24, 2.45) is 0 Å². The van der Waals surface area contributed by atoms with E-state index in [0.29, 0.717) is 24.2 Å². The average Bonchev–Trinajstić information content (AvgIpc) is 3.29. The van der Waals surface area contributed by atoms with E-state index in [1.165, 1.54) is 0 Å². The maximum absolute atomic E-state index is 13.6. The summed E-state index contributed by atoms with van der Waals surface area (Å²) in [5.41, 5.74) is -0.220. The normalized spacial score (nSPS) is 23.4. The van der Waals surface area contributed by atoms with Gasteiger partial charge in [-0.1, -0.05) is 11.3 Å². The molecule has 2 aromatic rings. The minimum absolute atomic E-state index is 0.0827. The number of rotatable bonds is 2. The zero-order chi connectivity index (χ0) is 21.8. The largest absolute Gasteiger partial charge is 0.445 e. The van der Waals surface area contributed by atoms with E-state index in [9.17, 15) is 36.2 Å². The first kappa shape index (κ1) is 20.8. The molecule has 2 atom stereocenters. The lowest BCUT2D eigenvalue weighted by molar-refractivity contribution is -0.177. The van der Waals surface area contributed by atoms with E-state index in [1.54, 1.807) is 4.90 Å². The molecule has 2 aromatic heterocycles. The number of fused-ring (bicyclic) bond motifs is 1. The fourth-order valence-electron chi connectivity index (χ4n) is 3.74. The van der Waals surface area contributed by atoms with Crippen LogP contribution in [0.1, 0.15) is 40.9 Å². The Hall–Kier alpha value is -2.42. The smallest absolute Gasteiger partial charge is 0.382 e. The van der Waals surface area contributed by atoms with Crippen molar-refractivity contribution in [2.75, 3.05) is 23.3 Å². The zero-order valence-electron chi connectivity index (χ0n) is 14.9. The van der Waals surface area contributed by atoms with Gasteiger partial charge in [0, 0.05) is 24.6 Å². The van der Waals surface area contributed by atoms with Gasteiger partial charge in [-0.05, 0) is 12.8 Å². The van der Waals surface area contributed by atoms with Gasteiger partial charge in [0.1, 0.15) is 17.8 Å². The number of aliphatic hydroxyl groups excluding tert-OH is 1. The predicted octanol–water partition coefficient (Wildman–Crippen LogP) is 2.62. The van der Waals surface area contributed by atoms with E-state index in [4.69, 9.17) is 0 Å². The second kappa shape index (κ2) is 7.08. The third-order valence-electron chi connectivity index (χ3n) is 5.14. The predicted molar refractivity (Wildman–Crippen MR) is 91.1 cm³/mol. The summed E-state index contributed by atoms with van der Waals surface area (Å²) in [5, 5.41) is 24.0. The number of nitrogens with one attached hydrogen (secondary N) is 2. The Morgan fingerprint density at radius 2 is 1.77 bits per heavy atom. The summed E-state index contributed by atoms with van der Waals surface area (Å²) < 4.78 is 78.8. The molecule has 0 unspecified atom stereocenters. The maximum Gasteiger partial charge on any atom is 0.445 e. The molecular formula is C15H14F6N6O2S. The Kier molecular flexibility index (Phi) is 4.91. The van der Waals surface area contributed by atoms with Crippen LogP contribution in [0.4, 0.5) is 37.3 Å². The van der Waals surface area contributed by atoms with Crippen molar-refractivity contribution in [3.05, 3.63) is 16.3 Å². The number of halogens is 6. The summed E-state index contributed by atoms with van der Waals surface area (Å²) in [6.07, 6.45) is -11.2. The van der Waals surface area contributed by atoms with E-state index < -0.39 is 41.2 Å². The molecule has 30 heavy (non-hydrogen) atoms. The van der Waals surface area contributed by atoms with Crippen LogP contribution in [-0.2, 0) is 11.0 Å². The molecule has 164 valence electrons. The number of hydrogen-bond donors (Lipinski definition) is 3. The monoisotopic (exact) mass is 456 g/mol. The molecule has 4 rings (SSSR count). The molecule has 0 radical (unpaired) electrons. The van der Waals surface area contributed by atoms with Crippen LogP contribution >= 0.6 is 11.3 Å². The number of carbonyl (C=O) groups is 1. The highest BCUT2D eigenvalue weighted by molar-refractivity contribution is 7.15. The van der Waals surface area contributed by atoms with Gasteiger partial charge in [0.2, 0.25) is 10.1 Å².